The van der Waals surface area contributed by atoms with Crippen molar-refractivity contribution in [3.05, 3.63) is 65.8 Å². The van der Waals surface area contributed by atoms with Crippen molar-refractivity contribution in [2.24, 2.45) is 0 Å². The zero-order valence-electron chi connectivity index (χ0n) is 12.1. The zero-order chi connectivity index (χ0) is 17.1. The van der Waals surface area contributed by atoms with Gasteiger partial charge in [-0.2, -0.15) is 4.39 Å². The van der Waals surface area contributed by atoms with Gasteiger partial charge in [0.05, 0.1) is 12.2 Å². The lowest BCUT2D eigenvalue weighted by Gasteiger charge is -2.11. The van der Waals surface area contributed by atoms with Crippen LogP contribution in [0.3, 0.4) is 0 Å². The lowest BCUT2D eigenvalue weighted by Crippen LogP contribution is -2.04. The second kappa shape index (κ2) is 6.64. The standard InChI is InChI=1S/C17H12F4O2/c1-3-12(22)11-6-5-9(14(18)16(11)20)10-7-8-13(23-4-2)17(21)15(10)19/h3,5-8H,1,4H2,2H3. The summed E-state index contributed by atoms with van der Waals surface area (Å²) in [5, 5.41) is 0. The molecule has 2 rings (SSSR count). The van der Waals surface area contributed by atoms with Crippen LogP contribution in [0, 0.1) is 23.3 Å². The monoisotopic (exact) mass is 324 g/mol. The van der Waals surface area contributed by atoms with Crippen molar-refractivity contribution in [1.82, 2.24) is 0 Å². The molecule has 0 radical (unpaired) electrons. The summed E-state index contributed by atoms with van der Waals surface area (Å²) in [5.41, 5.74) is -1.50. The third-order valence-electron chi connectivity index (χ3n) is 3.17. The van der Waals surface area contributed by atoms with Gasteiger partial charge in [0, 0.05) is 11.1 Å². The molecule has 0 spiro atoms. The zero-order valence-corrected chi connectivity index (χ0v) is 12.1. The van der Waals surface area contributed by atoms with Gasteiger partial charge in [0.2, 0.25) is 5.82 Å². The van der Waals surface area contributed by atoms with Crippen molar-refractivity contribution in [2.45, 2.75) is 6.92 Å². The molecule has 0 aliphatic carbocycles. The Morgan fingerprint density at radius 2 is 1.57 bits per heavy atom. The van der Waals surface area contributed by atoms with Crippen LogP contribution in [-0.4, -0.2) is 12.4 Å². The van der Waals surface area contributed by atoms with Crippen molar-refractivity contribution in [1.29, 1.82) is 0 Å². The van der Waals surface area contributed by atoms with Crippen LogP contribution in [0.25, 0.3) is 11.1 Å². The van der Waals surface area contributed by atoms with E-state index >= 15 is 0 Å². The molecule has 2 aromatic carbocycles. The largest absolute Gasteiger partial charge is 0.491 e. The van der Waals surface area contributed by atoms with Gasteiger partial charge in [-0.15, -0.1) is 0 Å². The van der Waals surface area contributed by atoms with Crippen LogP contribution in [0.1, 0.15) is 17.3 Å². The fourth-order valence-corrected chi connectivity index (χ4v) is 2.06. The molecule has 0 atom stereocenters. The van der Waals surface area contributed by atoms with E-state index in [1.54, 1.807) is 6.92 Å². The Kier molecular flexibility index (Phi) is 4.83. The van der Waals surface area contributed by atoms with Gasteiger partial charge in [-0.05, 0) is 31.2 Å². The third-order valence-corrected chi connectivity index (χ3v) is 3.17. The quantitative estimate of drug-likeness (QED) is 0.453. The van der Waals surface area contributed by atoms with Gasteiger partial charge in [0.15, 0.2) is 29.0 Å². The molecule has 0 aromatic heterocycles. The first-order valence-corrected chi connectivity index (χ1v) is 6.68. The molecular formula is C17H12F4O2. The van der Waals surface area contributed by atoms with E-state index in [0.29, 0.717) is 0 Å². The van der Waals surface area contributed by atoms with Crippen LogP contribution in [0.4, 0.5) is 17.6 Å². The highest BCUT2D eigenvalue weighted by Crippen LogP contribution is 2.33. The van der Waals surface area contributed by atoms with E-state index < -0.39 is 45.7 Å². The first-order chi connectivity index (χ1) is 10.9. The summed E-state index contributed by atoms with van der Waals surface area (Å²) >= 11 is 0. The molecule has 0 heterocycles. The number of ketones is 1. The van der Waals surface area contributed by atoms with Crippen LogP contribution in [0.2, 0.25) is 0 Å². The fraction of sp³-hybridized carbons (Fsp3) is 0.118. The van der Waals surface area contributed by atoms with E-state index in [0.717, 1.165) is 30.3 Å². The Morgan fingerprint density at radius 1 is 1.00 bits per heavy atom. The smallest absolute Gasteiger partial charge is 0.201 e. The van der Waals surface area contributed by atoms with Crippen molar-refractivity contribution >= 4 is 5.78 Å². The maximum Gasteiger partial charge on any atom is 0.201 e. The maximum absolute atomic E-state index is 14.1. The van der Waals surface area contributed by atoms with Gasteiger partial charge in [-0.3, -0.25) is 4.79 Å². The summed E-state index contributed by atoms with van der Waals surface area (Å²) in [5.74, 6) is -6.69. The van der Waals surface area contributed by atoms with Crippen molar-refractivity contribution < 1.29 is 27.1 Å². The minimum Gasteiger partial charge on any atom is -0.491 e. The number of ether oxygens (including phenoxy) is 1. The molecule has 0 saturated carbocycles. The van der Waals surface area contributed by atoms with Crippen LogP contribution >= 0.6 is 0 Å². The molecule has 0 fully saturated rings. The SMILES string of the molecule is C=CC(=O)c1ccc(-c2ccc(OCC)c(F)c2F)c(F)c1F. The molecule has 23 heavy (non-hydrogen) atoms. The number of allylic oxidation sites excluding steroid dienone is 1. The highest BCUT2D eigenvalue weighted by atomic mass is 19.2. The topological polar surface area (TPSA) is 26.3 Å². The summed E-state index contributed by atoms with van der Waals surface area (Å²) in [6.45, 7) is 4.89. The molecule has 0 amide bonds. The number of rotatable bonds is 5. The van der Waals surface area contributed by atoms with E-state index in [2.05, 4.69) is 6.58 Å². The molecule has 2 nitrogen and oxygen atoms in total. The van der Waals surface area contributed by atoms with Gasteiger partial charge in [-0.25, -0.2) is 13.2 Å². The molecule has 2 aromatic rings. The van der Waals surface area contributed by atoms with Gasteiger partial charge in [0.1, 0.15) is 0 Å². The second-order valence-electron chi connectivity index (χ2n) is 4.53. The molecule has 6 heteroatoms. The number of halogens is 4. The molecular weight excluding hydrogens is 312 g/mol. The summed E-state index contributed by atoms with van der Waals surface area (Å²) in [6, 6.07) is 4.20. The normalized spacial score (nSPS) is 10.5. The maximum atomic E-state index is 14.1. The average molecular weight is 324 g/mol. The minimum absolute atomic E-state index is 0.122. The molecule has 0 unspecified atom stereocenters. The number of hydrogen-bond donors (Lipinski definition) is 0. The minimum atomic E-state index is -1.44. The molecule has 120 valence electrons. The van der Waals surface area contributed by atoms with Gasteiger partial charge < -0.3 is 4.74 Å². The Labute approximate surface area is 130 Å². The lowest BCUT2D eigenvalue weighted by molar-refractivity contribution is 0.104. The fourth-order valence-electron chi connectivity index (χ4n) is 2.06. The molecule has 0 aliphatic heterocycles. The Balaban J connectivity index is 2.60. The highest BCUT2D eigenvalue weighted by Gasteiger charge is 2.22. The third kappa shape index (κ3) is 2.97. The van der Waals surface area contributed by atoms with E-state index in [9.17, 15) is 22.4 Å². The highest BCUT2D eigenvalue weighted by molar-refractivity contribution is 6.04. The molecule has 0 aliphatic rings. The average Bonchev–Trinajstić information content (AvgIpc) is 2.54. The number of carbonyl (C=O) groups excluding carboxylic acids is 1. The van der Waals surface area contributed by atoms with Crippen LogP contribution in [0.5, 0.6) is 5.75 Å². The predicted octanol–water partition coefficient (Wildman–Crippen LogP) is 4.68. The summed E-state index contributed by atoms with van der Waals surface area (Å²) < 4.78 is 60.9. The Morgan fingerprint density at radius 3 is 2.13 bits per heavy atom. The van der Waals surface area contributed by atoms with E-state index in [1.165, 1.54) is 0 Å². The predicted molar refractivity (Wildman–Crippen MR) is 77.4 cm³/mol. The molecule has 0 bridgehead atoms. The lowest BCUT2D eigenvalue weighted by atomic mass is 10.00. The van der Waals surface area contributed by atoms with E-state index in [-0.39, 0.29) is 12.4 Å². The summed E-state index contributed by atoms with van der Waals surface area (Å²) in [6.07, 6.45) is 0.828. The van der Waals surface area contributed by atoms with E-state index in [4.69, 9.17) is 4.74 Å². The van der Waals surface area contributed by atoms with Crippen LogP contribution in [0.15, 0.2) is 36.9 Å². The van der Waals surface area contributed by atoms with Crippen LogP contribution in [-0.2, 0) is 0 Å². The van der Waals surface area contributed by atoms with Gasteiger partial charge in [0.25, 0.3) is 0 Å². The Bertz CT molecular complexity index is 785. The molecule has 0 N–H and O–H groups in total. The van der Waals surface area contributed by atoms with Crippen molar-refractivity contribution in [3.63, 3.8) is 0 Å². The number of benzene rings is 2. The van der Waals surface area contributed by atoms with Crippen molar-refractivity contribution in [2.75, 3.05) is 6.61 Å². The van der Waals surface area contributed by atoms with Gasteiger partial charge in [-0.1, -0.05) is 12.6 Å². The number of carbonyl (C=O) groups is 1. The van der Waals surface area contributed by atoms with Crippen LogP contribution < -0.4 is 4.74 Å². The summed E-state index contributed by atoms with van der Waals surface area (Å²) in [7, 11) is 0. The van der Waals surface area contributed by atoms with Crippen molar-refractivity contribution in [3.8, 4) is 16.9 Å². The summed E-state index contributed by atoms with van der Waals surface area (Å²) in [4.78, 5) is 11.4. The first kappa shape index (κ1) is 16.7. The second-order valence-corrected chi connectivity index (χ2v) is 4.53. The van der Waals surface area contributed by atoms with E-state index in [1.807, 2.05) is 0 Å². The first-order valence-electron chi connectivity index (χ1n) is 6.68. The number of hydrogen-bond acceptors (Lipinski definition) is 2. The Hall–Kier alpha value is -2.63. The molecule has 0 saturated heterocycles. The van der Waals surface area contributed by atoms with Gasteiger partial charge >= 0.3 is 0 Å².